The van der Waals surface area contributed by atoms with Crippen LogP contribution in [-0.4, -0.2) is 41.2 Å². The van der Waals surface area contributed by atoms with Crippen LogP contribution >= 0.6 is 0 Å². The van der Waals surface area contributed by atoms with Crippen molar-refractivity contribution in [3.63, 3.8) is 0 Å². The van der Waals surface area contributed by atoms with Crippen LogP contribution in [0.25, 0.3) is 0 Å². The monoisotopic (exact) mass is 314 g/mol. The van der Waals surface area contributed by atoms with Crippen molar-refractivity contribution in [2.75, 3.05) is 26.9 Å². The van der Waals surface area contributed by atoms with Crippen molar-refractivity contribution in [1.29, 1.82) is 0 Å². The van der Waals surface area contributed by atoms with Gasteiger partial charge in [0.2, 0.25) is 10.0 Å². The second-order valence-electron chi connectivity index (χ2n) is 4.85. The van der Waals surface area contributed by atoms with Crippen LogP contribution in [0.1, 0.15) is 16.8 Å². The summed E-state index contributed by atoms with van der Waals surface area (Å²) < 4.78 is 33.0. The van der Waals surface area contributed by atoms with Crippen molar-refractivity contribution < 1.29 is 22.7 Å². The van der Waals surface area contributed by atoms with Crippen molar-refractivity contribution in [2.24, 2.45) is 11.1 Å². The highest BCUT2D eigenvalue weighted by Gasteiger charge is 2.20. The van der Waals surface area contributed by atoms with Gasteiger partial charge < -0.3 is 14.8 Å². The van der Waals surface area contributed by atoms with Gasteiger partial charge in [-0.05, 0) is 24.6 Å². The quantitative estimate of drug-likeness (QED) is 0.802. The fourth-order valence-electron chi connectivity index (χ4n) is 2.12. The SMILES string of the molecule is COc1ccc(S(N)(=O)=O)cc1C(=O)NC[C@H]1CCOC1. The Bertz CT molecular complexity index is 623. The van der Waals surface area contributed by atoms with Gasteiger partial charge in [0.05, 0.1) is 24.2 Å². The molecule has 2 rings (SSSR count). The third-order valence-electron chi connectivity index (χ3n) is 3.32. The van der Waals surface area contributed by atoms with E-state index in [9.17, 15) is 13.2 Å². The predicted octanol–water partition coefficient (Wildman–Crippen LogP) is 0.109. The van der Waals surface area contributed by atoms with Crippen molar-refractivity contribution in [1.82, 2.24) is 5.32 Å². The summed E-state index contributed by atoms with van der Waals surface area (Å²) in [5, 5.41) is 7.83. The molecule has 1 amide bonds. The number of nitrogens with one attached hydrogen (secondary N) is 1. The van der Waals surface area contributed by atoms with E-state index in [1.54, 1.807) is 0 Å². The van der Waals surface area contributed by atoms with Crippen molar-refractivity contribution in [3.05, 3.63) is 23.8 Å². The topological polar surface area (TPSA) is 108 Å². The summed E-state index contributed by atoms with van der Waals surface area (Å²) in [6.45, 7) is 1.79. The molecule has 1 aliphatic heterocycles. The summed E-state index contributed by atoms with van der Waals surface area (Å²) in [5.74, 6) is 0.174. The lowest BCUT2D eigenvalue weighted by Crippen LogP contribution is -2.30. The Labute approximate surface area is 123 Å². The third kappa shape index (κ3) is 3.93. The fraction of sp³-hybridized carbons (Fsp3) is 0.462. The second kappa shape index (κ2) is 6.42. The lowest BCUT2D eigenvalue weighted by molar-refractivity contribution is 0.0941. The number of carbonyl (C=O) groups is 1. The molecule has 7 nitrogen and oxygen atoms in total. The molecule has 1 aliphatic rings. The number of hydrogen-bond donors (Lipinski definition) is 2. The van der Waals surface area contributed by atoms with Gasteiger partial charge in [0.1, 0.15) is 5.75 Å². The van der Waals surface area contributed by atoms with Crippen LogP contribution in [0.3, 0.4) is 0 Å². The maximum Gasteiger partial charge on any atom is 0.255 e. The molecule has 0 aromatic heterocycles. The van der Waals surface area contributed by atoms with Crippen molar-refractivity contribution in [3.8, 4) is 5.75 Å². The van der Waals surface area contributed by atoms with Crippen molar-refractivity contribution >= 4 is 15.9 Å². The Morgan fingerprint density at radius 1 is 1.52 bits per heavy atom. The summed E-state index contributed by atoms with van der Waals surface area (Å²) in [5.41, 5.74) is 0.142. The second-order valence-corrected chi connectivity index (χ2v) is 6.41. The molecule has 3 N–H and O–H groups in total. The maximum atomic E-state index is 12.2. The van der Waals surface area contributed by atoms with E-state index in [4.69, 9.17) is 14.6 Å². The van der Waals surface area contributed by atoms with Gasteiger partial charge in [0.15, 0.2) is 0 Å². The average Bonchev–Trinajstić information content (AvgIpc) is 2.96. The number of amides is 1. The summed E-state index contributed by atoms with van der Waals surface area (Å²) in [7, 11) is -2.46. The van der Waals surface area contributed by atoms with Crippen LogP contribution in [0.15, 0.2) is 23.1 Å². The summed E-state index contributed by atoms with van der Waals surface area (Å²) in [4.78, 5) is 12.1. The lowest BCUT2D eigenvalue weighted by atomic mass is 10.1. The Balaban J connectivity index is 2.17. The highest BCUT2D eigenvalue weighted by Crippen LogP contribution is 2.22. The third-order valence-corrected chi connectivity index (χ3v) is 4.23. The number of methoxy groups -OCH3 is 1. The first kappa shape index (κ1) is 15.7. The smallest absolute Gasteiger partial charge is 0.255 e. The molecule has 0 radical (unpaired) electrons. The van der Waals surface area contributed by atoms with E-state index in [0.29, 0.717) is 25.5 Å². The van der Waals surface area contributed by atoms with Crippen LogP contribution < -0.4 is 15.2 Å². The van der Waals surface area contributed by atoms with Gasteiger partial charge >= 0.3 is 0 Å². The van der Waals surface area contributed by atoms with E-state index in [2.05, 4.69) is 5.32 Å². The number of nitrogens with two attached hydrogens (primary N) is 1. The molecule has 0 saturated carbocycles. The zero-order valence-corrected chi connectivity index (χ0v) is 12.5. The molecule has 0 aliphatic carbocycles. The minimum Gasteiger partial charge on any atom is -0.496 e. The highest BCUT2D eigenvalue weighted by atomic mass is 32.2. The molecule has 21 heavy (non-hydrogen) atoms. The number of primary sulfonamides is 1. The number of carbonyl (C=O) groups excluding carboxylic acids is 1. The van der Waals surface area contributed by atoms with Gasteiger partial charge in [0, 0.05) is 19.1 Å². The Kier molecular flexibility index (Phi) is 4.81. The van der Waals surface area contributed by atoms with Crippen LogP contribution in [0.5, 0.6) is 5.75 Å². The van der Waals surface area contributed by atoms with E-state index >= 15 is 0 Å². The average molecular weight is 314 g/mol. The molecular weight excluding hydrogens is 296 g/mol. The van der Waals surface area contributed by atoms with Gasteiger partial charge in [-0.15, -0.1) is 0 Å². The van der Waals surface area contributed by atoms with Crippen LogP contribution in [0.2, 0.25) is 0 Å². The Morgan fingerprint density at radius 2 is 2.29 bits per heavy atom. The molecule has 1 heterocycles. The molecule has 0 spiro atoms. The van der Waals surface area contributed by atoms with E-state index in [1.807, 2.05) is 0 Å². The zero-order chi connectivity index (χ0) is 15.5. The zero-order valence-electron chi connectivity index (χ0n) is 11.7. The van der Waals surface area contributed by atoms with Crippen molar-refractivity contribution in [2.45, 2.75) is 11.3 Å². The molecule has 0 unspecified atom stereocenters. The normalized spacial score (nSPS) is 18.5. The number of ether oxygens (including phenoxy) is 2. The van der Waals surface area contributed by atoms with Gasteiger partial charge in [-0.2, -0.15) is 0 Å². The van der Waals surface area contributed by atoms with E-state index < -0.39 is 15.9 Å². The Hall–Kier alpha value is -1.64. The number of rotatable bonds is 5. The first-order valence-corrected chi connectivity index (χ1v) is 8.03. The fourth-order valence-corrected chi connectivity index (χ4v) is 2.66. The molecule has 1 aromatic carbocycles. The maximum absolute atomic E-state index is 12.2. The molecule has 1 aromatic rings. The Morgan fingerprint density at radius 3 is 2.86 bits per heavy atom. The predicted molar refractivity (Wildman–Crippen MR) is 75.6 cm³/mol. The van der Waals surface area contributed by atoms with Gasteiger partial charge in [-0.1, -0.05) is 0 Å². The summed E-state index contributed by atoms with van der Waals surface area (Å²) in [6, 6.07) is 3.93. The highest BCUT2D eigenvalue weighted by molar-refractivity contribution is 7.89. The van der Waals surface area contributed by atoms with E-state index in [1.165, 1.54) is 25.3 Å². The lowest BCUT2D eigenvalue weighted by Gasteiger charge is -2.12. The first-order valence-electron chi connectivity index (χ1n) is 6.48. The minimum absolute atomic E-state index is 0.127. The number of hydrogen-bond acceptors (Lipinski definition) is 5. The molecule has 1 saturated heterocycles. The van der Waals surface area contributed by atoms with E-state index in [0.717, 1.165) is 6.42 Å². The van der Waals surface area contributed by atoms with E-state index in [-0.39, 0.29) is 16.4 Å². The summed E-state index contributed by atoms with van der Waals surface area (Å²) in [6.07, 6.45) is 0.897. The van der Waals surface area contributed by atoms with Gasteiger partial charge in [0.25, 0.3) is 5.91 Å². The first-order chi connectivity index (χ1) is 9.91. The van der Waals surface area contributed by atoms with Gasteiger partial charge in [-0.25, -0.2) is 13.6 Å². The molecule has 1 atom stereocenters. The summed E-state index contributed by atoms with van der Waals surface area (Å²) >= 11 is 0. The molecule has 8 heteroatoms. The standard InChI is InChI=1S/C13H18N2O5S/c1-19-12-3-2-10(21(14,17)18)6-11(12)13(16)15-7-9-4-5-20-8-9/h2-3,6,9H,4-5,7-8H2,1H3,(H,15,16)(H2,14,17,18)/t9-/m1/s1. The molecule has 1 fully saturated rings. The molecule has 116 valence electrons. The minimum atomic E-state index is -3.87. The van der Waals surface area contributed by atoms with Crippen LogP contribution in [-0.2, 0) is 14.8 Å². The van der Waals surface area contributed by atoms with Crippen LogP contribution in [0, 0.1) is 5.92 Å². The largest absolute Gasteiger partial charge is 0.496 e. The molecular formula is C13H18N2O5S. The molecule has 0 bridgehead atoms. The number of sulfonamides is 1. The van der Waals surface area contributed by atoms with Gasteiger partial charge in [-0.3, -0.25) is 4.79 Å². The van der Waals surface area contributed by atoms with Crippen LogP contribution in [0.4, 0.5) is 0 Å². The number of benzene rings is 1.